The van der Waals surface area contributed by atoms with Crippen LogP contribution in [0, 0.1) is 12.1 Å². The second-order valence-corrected chi connectivity index (χ2v) is 6.97. The normalized spacial score (nSPS) is 12.6. The van der Waals surface area contributed by atoms with Gasteiger partial charge in [0.15, 0.2) is 0 Å². The summed E-state index contributed by atoms with van der Waals surface area (Å²) in [5.41, 5.74) is 6.98. The molecule has 0 amide bonds. The average Bonchev–Trinajstić information content (AvgIpc) is 2.98. The number of nitrogens with zero attached hydrogens (tertiary/aromatic N) is 2. The van der Waals surface area contributed by atoms with Crippen molar-refractivity contribution in [1.29, 1.82) is 0 Å². The zero-order valence-corrected chi connectivity index (χ0v) is 18.1. The fraction of sp³-hybridized carbons (Fsp3) is 0.120. The Labute approximate surface area is 181 Å². The van der Waals surface area contributed by atoms with Crippen LogP contribution in [0.25, 0.3) is 22.5 Å². The van der Waals surface area contributed by atoms with E-state index in [1.54, 1.807) is 6.20 Å². The molecule has 4 aromatic rings. The van der Waals surface area contributed by atoms with E-state index in [-0.39, 0.29) is 26.5 Å². The molecule has 0 saturated heterocycles. The molecule has 0 aliphatic heterocycles. The number of aromatic nitrogens is 2. The van der Waals surface area contributed by atoms with E-state index < -0.39 is 0 Å². The first-order chi connectivity index (χ1) is 13.2. The van der Waals surface area contributed by atoms with E-state index in [1.165, 1.54) is 11.1 Å². The van der Waals surface area contributed by atoms with E-state index in [0.717, 1.165) is 22.5 Å². The van der Waals surface area contributed by atoms with Crippen molar-refractivity contribution in [3.05, 3.63) is 108 Å². The fourth-order valence-electron chi connectivity index (χ4n) is 3.48. The van der Waals surface area contributed by atoms with Crippen molar-refractivity contribution in [2.75, 3.05) is 0 Å². The predicted octanol–water partition coefficient (Wildman–Crippen LogP) is 5.73. The van der Waals surface area contributed by atoms with Gasteiger partial charge in [-0.3, -0.25) is 0 Å². The van der Waals surface area contributed by atoms with Crippen LogP contribution in [0.15, 0.2) is 85.2 Å². The van der Waals surface area contributed by atoms with Crippen molar-refractivity contribution in [2.24, 2.45) is 0 Å². The third kappa shape index (κ3) is 3.84. The van der Waals surface area contributed by atoms with Gasteiger partial charge in [0, 0.05) is 12.4 Å². The summed E-state index contributed by atoms with van der Waals surface area (Å²) in [6.45, 7) is 4.49. The predicted molar refractivity (Wildman–Crippen MR) is 109 cm³/mol. The van der Waals surface area contributed by atoms with Crippen LogP contribution in [0.2, 0.25) is 0 Å². The van der Waals surface area contributed by atoms with Gasteiger partial charge in [0.25, 0.3) is 0 Å². The Hall–Kier alpha value is -2.57. The van der Waals surface area contributed by atoms with Crippen molar-refractivity contribution in [3.8, 4) is 22.5 Å². The Bertz CT molecular complexity index is 959. The summed E-state index contributed by atoms with van der Waals surface area (Å²) in [6, 6.07) is 30.5. The van der Waals surface area contributed by atoms with E-state index in [4.69, 9.17) is 0 Å². The van der Waals surface area contributed by atoms with Gasteiger partial charge < -0.3 is 9.97 Å². The summed E-state index contributed by atoms with van der Waals surface area (Å²) in [6.07, 6.45) is 3.64. The van der Waals surface area contributed by atoms with Gasteiger partial charge in [0.05, 0.1) is 0 Å². The van der Waals surface area contributed by atoms with E-state index in [1.807, 2.05) is 66.9 Å². The topological polar surface area (TPSA) is 25.8 Å². The minimum atomic E-state index is 0. The average molecular weight is 544 g/mol. The van der Waals surface area contributed by atoms with Gasteiger partial charge in [-0.2, -0.15) is 0 Å². The van der Waals surface area contributed by atoms with Gasteiger partial charge in [-0.25, -0.2) is 0 Å². The van der Waals surface area contributed by atoms with Crippen LogP contribution in [-0.4, -0.2) is 9.97 Å². The summed E-state index contributed by atoms with van der Waals surface area (Å²) in [7, 11) is 0. The Morgan fingerprint density at radius 3 is 2.21 bits per heavy atom. The molecule has 3 heteroatoms. The molecule has 0 unspecified atom stereocenters. The SMILES string of the molecule is CC1(C)c2ccc[c-]c2-c2ncccc21.[Pt+2].[c-]1ccccc1-c1ccccn1. The first-order valence-corrected chi connectivity index (χ1v) is 9.03. The molecule has 0 N–H and O–H groups in total. The monoisotopic (exact) mass is 543 g/mol. The van der Waals surface area contributed by atoms with Crippen LogP contribution >= 0.6 is 0 Å². The number of hydrogen-bond acceptors (Lipinski definition) is 2. The van der Waals surface area contributed by atoms with E-state index in [0.29, 0.717) is 0 Å². The van der Waals surface area contributed by atoms with Crippen LogP contribution < -0.4 is 0 Å². The van der Waals surface area contributed by atoms with Crippen molar-refractivity contribution in [1.82, 2.24) is 9.97 Å². The summed E-state index contributed by atoms with van der Waals surface area (Å²) in [4.78, 5) is 8.68. The number of hydrogen-bond donors (Lipinski definition) is 0. The maximum atomic E-state index is 4.46. The third-order valence-corrected chi connectivity index (χ3v) is 4.90. The van der Waals surface area contributed by atoms with Gasteiger partial charge in [0.1, 0.15) is 0 Å². The molecule has 28 heavy (non-hydrogen) atoms. The van der Waals surface area contributed by atoms with Gasteiger partial charge in [-0.1, -0.05) is 37.6 Å². The molecule has 2 nitrogen and oxygen atoms in total. The zero-order valence-electron chi connectivity index (χ0n) is 15.8. The van der Waals surface area contributed by atoms with Gasteiger partial charge >= 0.3 is 21.1 Å². The van der Waals surface area contributed by atoms with Crippen molar-refractivity contribution in [2.45, 2.75) is 19.3 Å². The first kappa shape index (κ1) is 20.2. The molecule has 5 rings (SSSR count). The van der Waals surface area contributed by atoms with Gasteiger partial charge in [-0.15, -0.1) is 71.3 Å². The van der Waals surface area contributed by atoms with Crippen molar-refractivity contribution >= 4 is 0 Å². The summed E-state index contributed by atoms with van der Waals surface area (Å²) in [5.74, 6) is 0. The first-order valence-electron chi connectivity index (χ1n) is 9.03. The van der Waals surface area contributed by atoms with Crippen LogP contribution in [0.1, 0.15) is 25.0 Å². The van der Waals surface area contributed by atoms with Crippen molar-refractivity contribution in [3.63, 3.8) is 0 Å². The standard InChI is InChI=1S/C14H12N.C11H8N.Pt/c1-14(2)11-7-4-3-6-10(11)13-12(14)8-5-9-15-13;1-2-6-10(7-3-1)11-8-4-5-9-12-11;/h3-5,7-9H,1-2H3;1-6,8-9H;/q2*-1;+2. The second kappa shape index (κ2) is 8.62. The van der Waals surface area contributed by atoms with E-state index in [2.05, 4.69) is 48.1 Å². The molecule has 0 atom stereocenters. The summed E-state index contributed by atoms with van der Waals surface area (Å²) < 4.78 is 0. The number of benzene rings is 2. The maximum absolute atomic E-state index is 4.46. The molecule has 0 saturated carbocycles. The molecule has 2 aromatic heterocycles. The molecule has 2 aromatic carbocycles. The molecule has 140 valence electrons. The Morgan fingerprint density at radius 1 is 0.714 bits per heavy atom. The van der Waals surface area contributed by atoms with Gasteiger partial charge in [-0.05, 0) is 28.9 Å². The largest absolute Gasteiger partial charge is 2.00 e. The molecule has 1 aliphatic rings. The summed E-state index contributed by atoms with van der Waals surface area (Å²) >= 11 is 0. The number of pyridine rings is 2. The Morgan fingerprint density at radius 2 is 1.46 bits per heavy atom. The number of rotatable bonds is 1. The molecule has 0 radical (unpaired) electrons. The van der Waals surface area contributed by atoms with Gasteiger partial charge in [0.2, 0.25) is 0 Å². The molecule has 1 aliphatic carbocycles. The maximum Gasteiger partial charge on any atom is 2.00 e. The van der Waals surface area contributed by atoms with Crippen LogP contribution in [0.4, 0.5) is 0 Å². The molecular formula is C25H20N2Pt. The van der Waals surface area contributed by atoms with Crippen LogP contribution in [0.5, 0.6) is 0 Å². The Kier molecular flexibility index (Phi) is 6.21. The molecule has 2 heterocycles. The van der Waals surface area contributed by atoms with E-state index in [9.17, 15) is 0 Å². The smallest absolute Gasteiger partial charge is 0.305 e. The minimum absolute atomic E-state index is 0. The second-order valence-electron chi connectivity index (χ2n) is 6.97. The quantitative estimate of drug-likeness (QED) is 0.287. The summed E-state index contributed by atoms with van der Waals surface area (Å²) in [5, 5.41) is 0. The van der Waals surface area contributed by atoms with Crippen molar-refractivity contribution < 1.29 is 21.1 Å². The molecule has 0 fully saturated rings. The fourth-order valence-corrected chi connectivity index (χ4v) is 3.48. The third-order valence-electron chi connectivity index (χ3n) is 4.90. The Balaban J connectivity index is 0.000000159. The van der Waals surface area contributed by atoms with Crippen LogP contribution in [-0.2, 0) is 26.5 Å². The minimum Gasteiger partial charge on any atom is -0.305 e. The molecule has 0 bridgehead atoms. The van der Waals surface area contributed by atoms with Crippen LogP contribution in [0.3, 0.4) is 0 Å². The zero-order chi connectivity index (χ0) is 18.7. The van der Waals surface area contributed by atoms with E-state index >= 15 is 0 Å². The number of fused-ring (bicyclic) bond motifs is 3. The molecule has 0 spiro atoms. The molecular weight excluding hydrogens is 523 g/mol.